The maximum Gasteiger partial charge on any atom is 0.256 e. The number of pyridine rings is 1. The third-order valence-corrected chi connectivity index (χ3v) is 5.41. The molecule has 6 heteroatoms. The van der Waals surface area contributed by atoms with Gasteiger partial charge in [-0.2, -0.15) is 0 Å². The van der Waals surface area contributed by atoms with Crippen LogP contribution in [0.5, 0.6) is 0 Å². The fourth-order valence-electron chi connectivity index (χ4n) is 3.75. The van der Waals surface area contributed by atoms with Gasteiger partial charge >= 0.3 is 0 Å². The molecule has 0 saturated carbocycles. The minimum Gasteiger partial charge on any atom is -0.364 e. The Morgan fingerprint density at radius 2 is 1.81 bits per heavy atom. The Morgan fingerprint density at radius 1 is 1.06 bits per heavy atom. The van der Waals surface area contributed by atoms with E-state index >= 15 is 0 Å². The second-order valence-electron chi connectivity index (χ2n) is 7.63. The van der Waals surface area contributed by atoms with E-state index in [4.69, 9.17) is 9.72 Å². The van der Waals surface area contributed by atoms with Crippen molar-refractivity contribution in [2.75, 3.05) is 12.4 Å². The van der Waals surface area contributed by atoms with E-state index in [1.807, 2.05) is 62.4 Å². The van der Waals surface area contributed by atoms with Crippen LogP contribution in [-0.4, -0.2) is 23.1 Å². The molecule has 4 aromatic rings. The van der Waals surface area contributed by atoms with Crippen LogP contribution in [0.4, 0.5) is 10.1 Å². The second kappa shape index (κ2) is 8.86. The highest BCUT2D eigenvalue weighted by molar-refractivity contribution is 6.14. The third kappa shape index (κ3) is 4.10. The largest absolute Gasteiger partial charge is 0.364 e. The van der Waals surface area contributed by atoms with Crippen molar-refractivity contribution in [2.24, 2.45) is 0 Å². The fraction of sp³-hybridized carbons (Fsp3) is 0.154. The number of aliphatic hydroxyl groups is 1. The summed E-state index contributed by atoms with van der Waals surface area (Å²) < 4.78 is 19.5. The Balaban J connectivity index is 1.82. The van der Waals surface area contributed by atoms with Crippen LogP contribution in [0.3, 0.4) is 0 Å². The van der Waals surface area contributed by atoms with Crippen LogP contribution in [0.25, 0.3) is 22.2 Å². The topological polar surface area (TPSA) is 71.5 Å². The van der Waals surface area contributed by atoms with Gasteiger partial charge in [0.05, 0.1) is 22.5 Å². The summed E-state index contributed by atoms with van der Waals surface area (Å²) >= 11 is 0. The Morgan fingerprint density at radius 3 is 2.50 bits per heavy atom. The first-order valence-electron chi connectivity index (χ1n) is 10.2. The summed E-state index contributed by atoms with van der Waals surface area (Å²) in [6.45, 7) is 3.79. The number of carbonyl (C=O) groups excluding carboxylic acids is 1. The zero-order valence-electron chi connectivity index (χ0n) is 18.0. The van der Waals surface area contributed by atoms with Gasteiger partial charge < -0.3 is 15.2 Å². The molecular weight excluding hydrogens is 407 g/mol. The van der Waals surface area contributed by atoms with Crippen LogP contribution >= 0.6 is 0 Å². The predicted octanol–water partition coefficient (Wildman–Crippen LogP) is 5.55. The molecule has 0 aliphatic rings. The average Bonchev–Trinajstić information content (AvgIpc) is 2.80. The molecule has 0 aliphatic carbocycles. The molecule has 0 radical (unpaired) electrons. The molecule has 1 heterocycles. The number of carbonyl (C=O) groups is 1. The highest BCUT2D eigenvalue weighted by atomic mass is 19.1. The highest BCUT2D eigenvalue weighted by Crippen LogP contribution is 2.31. The van der Waals surface area contributed by atoms with E-state index < -0.39 is 18.0 Å². The van der Waals surface area contributed by atoms with Crippen molar-refractivity contribution in [1.82, 2.24) is 4.98 Å². The van der Waals surface area contributed by atoms with Crippen LogP contribution in [0.15, 0.2) is 66.7 Å². The number of nitrogens with one attached hydrogen (secondary N) is 1. The van der Waals surface area contributed by atoms with Crippen molar-refractivity contribution >= 4 is 22.5 Å². The molecule has 0 saturated heterocycles. The SMILES string of the molecule is COC(O)c1ccc(NC(=O)c2c(C)c(-c3ccccc3)nc3ccc(C)cc23)c(F)c1. The summed E-state index contributed by atoms with van der Waals surface area (Å²) in [6.07, 6.45) is -1.24. The molecule has 1 amide bonds. The van der Waals surface area contributed by atoms with E-state index in [2.05, 4.69) is 5.32 Å². The zero-order valence-corrected chi connectivity index (χ0v) is 18.0. The molecular formula is C26H23FN2O3. The minimum atomic E-state index is -1.24. The molecule has 162 valence electrons. The molecule has 0 fully saturated rings. The predicted molar refractivity (Wildman–Crippen MR) is 123 cm³/mol. The normalized spacial score (nSPS) is 12.0. The van der Waals surface area contributed by atoms with Gasteiger partial charge in [0.1, 0.15) is 5.82 Å². The molecule has 32 heavy (non-hydrogen) atoms. The van der Waals surface area contributed by atoms with Gasteiger partial charge in [-0.25, -0.2) is 9.37 Å². The van der Waals surface area contributed by atoms with Crippen LogP contribution in [0, 0.1) is 19.7 Å². The number of fused-ring (bicyclic) bond motifs is 1. The maximum absolute atomic E-state index is 14.7. The number of rotatable bonds is 5. The number of aryl methyl sites for hydroxylation is 1. The number of halogens is 1. The van der Waals surface area contributed by atoms with E-state index in [1.165, 1.54) is 19.2 Å². The number of hydrogen-bond donors (Lipinski definition) is 2. The lowest BCUT2D eigenvalue weighted by atomic mass is 9.96. The number of anilines is 1. The van der Waals surface area contributed by atoms with Gasteiger partial charge in [-0.15, -0.1) is 0 Å². The molecule has 1 atom stereocenters. The number of benzene rings is 3. The Labute approximate surface area is 185 Å². The molecule has 3 aromatic carbocycles. The van der Waals surface area contributed by atoms with E-state index in [1.54, 1.807) is 0 Å². The van der Waals surface area contributed by atoms with E-state index in [0.717, 1.165) is 17.2 Å². The summed E-state index contributed by atoms with van der Waals surface area (Å²) in [5, 5.41) is 13.1. The van der Waals surface area contributed by atoms with Crippen molar-refractivity contribution in [1.29, 1.82) is 0 Å². The molecule has 4 rings (SSSR count). The lowest BCUT2D eigenvalue weighted by molar-refractivity contribution is -0.0770. The van der Waals surface area contributed by atoms with Gasteiger partial charge in [0.2, 0.25) is 0 Å². The Hall–Kier alpha value is -3.61. The summed E-state index contributed by atoms with van der Waals surface area (Å²) in [7, 11) is 1.32. The smallest absolute Gasteiger partial charge is 0.256 e. The third-order valence-electron chi connectivity index (χ3n) is 5.41. The lowest BCUT2D eigenvalue weighted by Crippen LogP contribution is -2.16. The average molecular weight is 430 g/mol. The van der Waals surface area contributed by atoms with Gasteiger partial charge in [-0.3, -0.25) is 4.79 Å². The number of methoxy groups -OCH3 is 1. The van der Waals surface area contributed by atoms with Crippen molar-refractivity contribution < 1.29 is 19.0 Å². The minimum absolute atomic E-state index is 0.0142. The zero-order chi connectivity index (χ0) is 22.8. The molecule has 5 nitrogen and oxygen atoms in total. The summed E-state index contributed by atoms with van der Waals surface area (Å²) in [6, 6.07) is 19.4. The van der Waals surface area contributed by atoms with Gasteiger partial charge in [0, 0.05) is 23.6 Å². The Kier molecular flexibility index (Phi) is 5.99. The van der Waals surface area contributed by atoms with Crippen LogP contribution in [0.2, 0.25) is 0 Å². The lowest BCUT2D eigenvalue weighted by Gasteiger charge is -2.16. The summed E-state index contributed by atoms with van der Waals surface area (Å²) in [5.41, 5.74) is 4.69. The number of nitrogens with zero attached hydrogens (tertiary/aromatic N) is 1. The van der Waals surface area contributed by atoms with Crippen molar-refractivity contribution in [3.63, 3.8) is 0 Å². The number of ether oxygens (including phenoxy) is 1. The standard InChI is InChI=1S/C26H23FN2O3/c1-15-9-11-21-19(13-15)23(16(2)24(28-21)17-7-5-4-6-8-17)25(30)29-22-12-10-18(14-20(22)27)26(31)32-3/h4-14,26,31H,1-3H3,(H,29,30). The van der Waals surface area contributed by atoms with E-state index in [9.17, 15) is 14.3 Å². The molecule has 1 aromatic heterocycles. The molecule has 2 N–H and O–H groups in total. The maximum atomic E-state index is 14.7. The number of amides is 1. The summed E-state index contributed by atoms with van der Waals surface area (Å²) in [5.74, 6) is -1.10. The Bertz CT molecular complexity index is 1310. The van der Waals surface area contributed by atoms with Crippen LogP contribution in [0.1, 0.15) is 33.3 Å². The fourth-order valence-corrected chi connectivity index (χ4v) is 3.75. The van der Waals surface area contributed by atoms with Gasteiger partial charge in [0.25, 0.3) is 5.91 Å². The molecule has 0 aliphatic heterocycles. The van der Waals surface area contributed by atoms with Crippen molar-refractivity contribution in [3.05, 3.63) is 94.8 Å². The first-order valence-corrected chi connectivity index (χ1v) is 10.2. The number of aliphatic hydroxyl groups excluding tert-OH is 1. The first-order chi connectivity index (χ1) is 15.4. The van der Waals surface area contributed by atoms with Gasteiger partial charge in [-0.1, -0.05) is 48.0 Å². The highest BCUT2D eigenvalue weighted by Gasteiger charge is 2.20. The van der Waals surface area contributed by atoms with Crippen molar-refractivity contribution in [3.8, 4) is 11.3 Å². The quantitative estimate of drug-likeness (QED) is 0.408. The van der Waals surface area contributed by atoms with Crippen molar-refractivity contribution in [2.45, 2.75) is 20.1 Å². The van der Waals surface area contributed by atoms with Crippen LogP contribution in [-0.2, 0) is 4.74 Å². The van der Waals surface area contributed by atoms with E-state index in [-0.39, 0.29) is 11.3 Å². The first kappa shape index (κ1) is 21.6. The van der Waals surface area contributed by atoms with Crippen LogP contribution < -0.4 is 5.32 Å². The second-order valence-corrected chi connectivity index (χ2v) is 7.63. The summed E-state index contributed by atoms with van der Waals surface area (Å²) in [4.78, 5) is 18.2. The van der Waals surface area contributed by atoms with Gasteiger partial charge in [0.15, 0.2) is 6.29 Å². The van der Waals surface area contributed by atoms with E-state index in [0.29, 0.717) is 27.7 Å². The number of hydrogen-bond acceptors (Lipinski definition) is 4. The molecule has 0 bridgehead atoms. The van der Waals surface area contributed by atoms with Gasteiger partial charge in [-0.05, 0) is 43.7 Å². The monoisotopic (exact) mass is 430 g/mol. The molecule has 1 unspecified atom stereocenters. The number of aromatic nitrogens is 1. The molecule has 0 spiro atoms.